The molecule has 0 N–H and O–H groups in total. The Labute approximate surface area is 107 Å². The summed E-state index contributed by atoms with van der Waals surface area (Å²) in [6.07, 6.45) is 1.83. The molecule has 1 aromatic carbocycles. The first-order valence-electron chi connectivity index (χ1n) is 5.03. The van der Waals surface area contributed by atoms with Gasteiger partial charge in [-0.2, -0.15) is 5.10 Å². The smallest absolute Gasteiger partial charge is 0.104 e. The highest BCUT2D eigenvalue weighted by atomic mass is 127. The van der Waals surface area contributed by atoms with Gasteiger partial charge in [0, 0.05) is 0 Å². The molecule has 2 aromatic heterocycles. The van der Waals surface area contributed by atoms with Crippen LogP contribution < -0.4 is 0 Å². The Morgan fingerprint density at radius 2 is 1.75 bits per heavy atom. The van der Waals surface area contributed by atoms with Crippen LogP contribution in [0.4, 0.5) is 0 Å². The van der Waals surface area contributed by atoms with Gasteiger partial charge in [0.15, 0.2) is 0 Å². The first-order valence-corrected chi connectivity index (χ1v) is 6.11. The number of nitrogens with zero attached hydrogens (tertiary/aromatic N) is 2. The Morgan fingerprint density at radius 1 is 0.938 bits per heavy atom. The fraction of sp³-hybridized carbons (Fsp3) is 0. The van der Waals surface area contributed by atoms with Gasteiger partial charge in [0.1, 0.15) is 3.70 Å². The van der Waals surface area contributed by atoms with E-state index in [2.05, 4.69) is 64.1 Å². The highest BCUT2D eigenvalue weighted by molar-refractivity contribution is 14.1. The maximum atomic E-state index is 4.26. The lowest BCUT2D eigenvalue weighted by molar-refractivity contribution is 0.933. The van der Waals surface area contributed by atoms with Crippen LogP contribution in [-0.2, 0) is 0 Å². The minimum absolute atomic E-state index is 1.12. The van der Waals surface area contributed by atoms with Crippen LogP contribution in [-0.4, -0.2) is 9.61 Å². The van der Waals surface area contributed by atoms with Crippen molar-refractivity contribution >= 4 is 28.1 Å². The van der Waals surface area contributed by atoms with Crippen molar-refractivity contribution in [2.24, 2.45) is 0 Å². The number of fused-ring (bicyclic) bond motifs is 1. The summed E-state index contributed by atoms with van der Waals surface area (Å²) in [5, 5.41) is 4.26. The third-order valence-electron chi connectivity index (χ3n) is 2.56. The largest absolute Gasteiger partial charge is 0.228 e. The van der Waals surface area contributed by atoms with E-state index in [0.717, 1.165) is 9.22 Å². The summed E-state index contributed by atoms with van der Waals surface area (Å²) in [7, 11) is 0. The molecule has 2 heterocycles. The van der Waals surface area contributed by atoms with E-state index in [-0.39, 0.29) is 0 Å². The molecule has 0 aliphatic rings. The molecule has 0 unspecified atom stereocenters. The maximum absolute atomic E-state index is 4.26. The fourth-order valence-electron chi connectivity index (χ4n) is 1.79. The zero-order valence-corrected chi connectivity index (χ0v) is 10.6. The van der Waals surface area contributed by atoms with Gasteiger partial charge in [-0.1, -0.05) is 30.3 Å². The second-order valence-electron chi connectivity index (χ2n) is 3.60. The molecule has 0 saturated heterocycles. The second kappa shape index (κ2) is 3.90. The van der Waals surface area contributed by atoms with Crippen molar-refractivity contribution < 1.29 is 0 Å². The fourth-order valence-corrected chi connectivity index (χ4v) is 2.53. The van der Waals surface area contributed by atoms with Gasteiger partial charge >= 0.3 is 0 Å². The average molecular weight is 320 g/mol. The number of aromatic nitrogens is 2. The molecule has 3 heteroatoms. The molecule has 3 aromatic rings. The maximum Gasteiger partial charge on any atom is 0.104 e. The van der Waals surface area contributed by atoms with Gasteiger partial charge in [0.25, 0.3) is 0 Å². The summed E-state index contributed by atoms with van der Waals surface area (Å²) in [6.45, 7) is 0. The van der Waals surface area contributed by atoms with Crippen LogP contribution in [0.1, 0.15) is 0 Å². The second-order valence-corrected chi connectivity index (χ2v) is 4.71. The first-order chi connectivity index (χ1) is 7.84. The first kappa shape index (κ1) is 9.84. The third-order valence-corrected chi connectivity index (χ3v) is 3.33. The lowest BCUT2D eigenvalue weighted by Crippen LogP contribution is -1.93. The number of rotatable bonds is 1. The van der Waals surface area contributed by atoms with E-state index < -0.39 is 0 Å². The van der Waals surface area contributed by atoms with Gasteiger partial charge < -0.3 is 0 Å². The summed E-state index contributed by atoms with van der Waals surface area (Å²) in [5.74, 6) is 0. The SMILES string of the molecule is Ic1cc(-c2ccccc2)cc2ccnn12. The predicted molar refractivity (Wildman–Crippen MR) is 73.3 cm³/mol. The zero-order valence-electron chi connectivity index (χ0n) is 8.47. The van der Waals surface area contributed by atoms with E-state index in [4.69, 9.17) is 0 Å². The van der Waals surface area contributed by atoms with Gasteiger partial charge in [-0.05, 0) is 51.9 Å². The quantitative estimate of drug-likeness (QED) is 0.495. The van der Waals surface area contributed by atoms with E-state index >= 15 is 0 Å². The highest BCUT2D eigenvalue weighted by Gasteiger charge is 2.03. The number of benzene rings is 1. The molecule has 0 aliphatic heterocycles. The van der Waals surface area contributed by atoms with Crippen LogP contribution in [0.3, 0.4) is 0 Å². The van der Waals surface area contributed by atoms with Crippen LogP contribution in [0.5, 0.6) is 0 Å². The van der Waals surface area contributed by atoms with E-state index in [1.54, 1.807) is 0 Å². The van der Waals surface area contributed by atoms with Crippen molar-refractivity contribution in [2.75, 3.05) is 0 Å². The molecule has 0 fully saturated rings. The molecule has 0 aliphatic carbocycles. The van der Waals surface area contributed by atoms with Crippen molar-refractivity contribution in [3.63, 3.8) is 0 Å². The number of halogens is 1. The van der Waals surface area contributed by atoms with Crippen LogP contribution in [0.2, 0.25) is 0 Å². The van der Waals surface area contributed by atoms with Gasteiger partial charge in [0.2, 0.25) is 0 Å². The van der Waals surface area contributed by atoms with Gasteiger partial charge in [-0.15, -0.1) is 0 Å². The predicted octanol–water partition coefficient (Wildman–Crippen LogP) is 3.61. The van der Waals surface area contributed by atoms with Gasteiger partial charge in [-0.3, -0.25) is 0 Å². The molecule has 0 atom stereocenters. The summed E-state index contributed by atoms with van der Waals surface area (Å²) in [4.78, 5) is 0. The standard InChI is InChI=1S/C13H9IN2/c14-13-9-11(10-4-2-1-3-5-10)8-12-6-7-15-16(12)13/h1-9H. The summed E-state index contributed by atoms with van der Waals surface area (Å²) in [6, 6.07) is 16.7. The minimum Gasteiger partial charge on any atom is -0.228 e. The molecule has 0 radical (unpaired) electrons. The Balaban J connectivity index is 2.25. The average Bonchev–Trinajstić information content (AvgIpc) is 2.79. The summed E-state index contributed by atoms with van der Waals surface area (Å²) < 4.78 is 3.06. The summed E-state index contributed by atoms with van der Waals surface area (Å²) in [5.41, 5.74) is 3.60. The zero-order chi connectivity index (χ0) is 11.0. The molecule has 0 bridgehead atoms. The highest BCUT2D eigenvalue weighted by Crippen LogP contribution is 2.23. The Bertz CT molecular complexity index is 629. The molecular formula is C13H9IN2. The molecule has 3 rings (SSSR count). The molecule has 0 amide bonds. The molecule has 0 saturated carbocycles. The minimum atomic E-state index is 1.12. The lowest BCUT2D eigenvalue weighted by atomic mass is 10.1. The lowest BCUT2D eigenvalue weighted by Gasteiger charge is -2.04. The van der Waals surface area contributed by atoms with Crippen molar-refractivity contribution in [1.82, 2.24) is 9.61 Å². The number of pyridine rings is 1. The Kier molecular flexibility index (Phi) is 2.40. The molecule has 16 heavy (non-hydrogen) atoms. The molecular weight excluding hydrogens is 311 g/mol. The Hall–Kier alpha value is -1.36. The van der Waals surface area contributed by atoms with Crippen LogP contribution in [0.25, 0.3) is 16.6 Å². The third kappa shape index (κ3) is 1.61. The van der Waals surface area contributed by atoms with Crippen LogP contribution >= 0.6 is 22.6 Å². The van der Waals surface area contributed by atoms with Gasteiger partial charge in [-0.25, -0.2) is 4.52 Å². The number of hydrogen-bond acceptors (Lipinski definition) is 1. The van der Waals surface area contributed by atoms with Crippen molar-refractivity contribution in [3.8, 4) is 11.1 Å². The molecule has 0 spiro atoms. The molecule has 78 valence electrons. The normalized spacial score (nSPS) is 10.8. The van der Waals surface area contributed by atoms with E-state index in [1.807, 2.05) is 22.8 Å². The Morgan fingerprint density at radius 3 is 2.56 bits per heavy atom. The van der Waals surface area contributed by atoms with Crippen molar-refractivity contribution in [1.29, 1.82) is 0 Å². The molecule has 2 nitrogen and oxygen atoms in total. The summed E-state index contributed by atoms with van der Waals surface area (Å²) >= 11 is 2.31. The van der Waals surface area contributed by atoms with Crippen LogP contribution in [0, 0.1) is 3.70 Å². The van der Waals surface area contributed by atoms with Gasteiger partial charge in [0.05, 0.1) is 11.7 Å². The van der Waals surface area contributed by atoms with E-state index in [0.29, 0.717) is 0 Å². The van der Waals surface area contributed by atoms with Crippen LogP contribution in [0.15, 0.2) is 54.7 Å². The van der Waals surface area contributed by atoms with E-state index in [9.17, 15) is 0 Å². The monoisotopic (exact) mass is 320 g/mol. The van der Waals surface area contributed by atoms with Crippen molar-refractivity contribution in [2.45, 2.75) is 0 Å². The van der Waals surface area contributed by atoms with E-state index in [1.165, 1.54) is 11.1 Å². The topological polar surface area (TPSA) is 17.3 Å². The van der Waals surface area contributed by atoms with Crippen molar-refractivity contribution in [3.05, 3.63) is 58.4 Å². The number of hydrogen-bond donors (Lipinski definition) is 0.